The Kier molecular flexibility index (Phi) is 9.30. The van der Waals surface area contributed by atoms with E-state index in [9.17, 15) is 0 Å². The van der Waals surface area contributed by atoms with Crippen molar-refractivity contribution in [1.82, 2.24) is 0 Å². The summed E-state index contributed by atoms with van der Waals surface area (Å²) in [5.74, 6) is 3.42. The highest BCUT2D eigenvalue weighted by atomic mass is 16.5. The molecule has 0 aromatic heterocycles. The lowest BCUT2D eigenvalue weighted by atomic mass is 9.34. The minimum Gasteiger partial charge on any atom is -0.458 e. The Morgan fingerprint density at radius 1 is 0.309 bits per heavy atom. The third kappa shape index (κ3) is 6.05. The van der Waals surface area contributed by atoms with E-state index in [1.807, 2.05) is 0 Å². The number of anilines is 6. The molecular formula is C76H57BN2O2. The molecule has 0 atom stereocenters. The highest BCUT2D eigenvalue weighted by molar-refractivity contribution is 6.98. The van der Waals surface area contributed by atoms with E-state index in [4.69, 9.17) is 9.47 Å². The molecule has 17 rings (SSSR count). The highest BCUT2D eigenvalue weighted by Crippen LogP contribution is 2.69. The minimum atomic E-state index is -0.696. The van der Waals surface area contributed by atoms with Gasteiger partial charge in [-0.2, -0.15) is 0 Å². The molecule has 2 spiro atoms. The van der Waals surface area contributed by atoms with Gasteiger partial charge in [0.25, 0.3) is 6.71 Å². The third-order valence-electron chi connectivity index (χ3n) is 18.9. The van der Waals surface area contributed by atoms with Gasteiger partial charge >= 0.3 is 0 Å². The monoisotopic (exact) mass is 1040 g/mol. The fraction of sp³-hybridized carbons (Fsp3) is 0.132. The normalized spacial score (nSPS) is 15.4. The van der Waals surface area contributed by atoms with Gasteiger partial charge in [0.05, 0.1) is 39.3 Å². The Labute approximate surface area is 474 Å². The van der Waals surface area contributed by atoms with E-state index in [-0.39, 0.29) is 17.5 Å². The first kappa shape index (κ1) is 46.6. The van der Waals surface area contributed by atoms with Gasteiger partial charge in [-0.15, -0.1) is 0 Å². The first-order valence-corrected chi connectivity index (χ1v) is 28.7. The summed E-state index contributed by atoms with van der Waals surface area (Å²) in [5, 5.41) is 0. The summed E-state index contributed by atoms with van der Waals surface area (Å²) in [7, 11) is 0. The Balaban J connectivity index is 0.905. The van der Waals surface area contributed by atoms with Gasteiger partial charge in [-0.25, -0.2) is 0 Å². The number of hydrogen-bond donors (Lipinski definition) is 0. The van der Waals surface area contributed by atoms with Gasteiger partial charge < -0.3 is 19.3 Å². The predicted octanol–water partition coefficient (Wildman–Crippen LogP) is 17.3. The summed E-state index contributed by atoms with van der Waals surface area (Å²) in [6, 6.07) is 89.3. The average Bonchev–Trinajstić information content (AvgIpc) is 2.05. The van der Waals surface area contributed by atoms with Gasteiger partial charge in [0.2, 0.25) is 0 Å². The third-order valence-corrected chi connectivity index (χ3v) is 18.9. The molecule has 0 fully saturated rings. The molecule has 0 saturated carbocycles. The van der Waals surface area contributed by atoms with Crippen LogP contribution < -0.4 is 35.7 Å². The van der Waals surface area contributed by atoms with Crippen molar-refractivity contribution in [2.75, 3.05) is 9.80 Å². The molecule has 0 amide bonds. The summed E-state index contributed by atoms with van der Waals surface area (Å²) in [4.78, 5) is 4.94. The van der Waals surface area contributed by atoms with Crippen LogP contribution in [0.3, 0.4) is 0 Å². The van der Waals surface area contributed by atoms with Crippen LogP contribution in [-0.4, -0.2) is 6.71 Å². The van der Waals surface area contributed by atoms with E-state index < -0.39 is 10.8 Å². The molecular weight excluding hydrogens is 984 g/mol. The topological polar surface area (TPSA) is 24.9 Å². The van der Waals surface area contributed by atoms with E-state index >= 15 is 0 Å². The zero-order valence-electron chi connectivity index (χ0n) is 46.3. The van der Waals surface area contributed by atoms with E-state index in [0.717, 1.165) is 51.2 Å². The van der Waals surface area contributed by atoms with E-state index in [2.05, 4.69) is 288 Å². The van der Waals surface area contributed by atoms with Crippen molar-refractivity contribution in [1.29, 1.82) is 0 Å². The van der Waals surface area contributed by atoms with Gasteiger partial charge in [0.1, 0.15) is 23.0 Å². The van der Waals surface area contributed by atoms with Crippen LogP contribution in [0.1, 0.15) is 97.2 Å². The number of hydrogen-bond acceptors (Lipinski definition) is 4. The van der Waals surface area contributed by atoms with Gasteiger partial charge in [0.15, 0.2) is 0 Å². The van der Waals surface area contributed by atoms with Gasteiger partial charge in [0, 0.05) is 23.3 Å². The second-order valence-corrected chi connectivity index (χ2v) is 25.1. The van der Waals surface area contributed by atoms with Crippen LogP contribution in [-0.2, 0) is 21.7 Å². The fourth-order valence-electron chi connectivity index (χ4n) is 15.4. The molecule has 0 saturated heterocycles. The second-order valence-electron chi connectivity index (χ2n) is 25.1. The van der Waals surface area contributed by atoms with Crippen LogP contribution in [0.5, 0.6) is 23.0 Å². The number of fused-ring (bicyclic) bond motifs is 22. The first-order valence-electron chi connectivity index (χ1n) is 28.7. The Morgan fingerprint density at radius 3 is 1.10 bits per heavy atom. The largest absolute Gasteiger partial charge is 0.458 e. The molecule has 4 aliphatic heterocycles. The summed E-state index contributed by atoms with van der Waals surface area (Å²) >= 11 is 0. The number of nitrogens with zero attached hydrogens (tertiary/aromatic N) is 2. The van der Waals surface area contributed by atoms with Crippen molar-refractivity contribution >= 4 is 57.2 Å². The van der Waals surface area contributed by atoms with Crippen LogP contribution in [0, 0.1) is 0 Å². The van der Waals surface area contributed by atoms with E-state index in [1.54, 1.807) is 0 Å². The molecule has 0 unspecified atom stereocenters. The maximum absolute atomic E-state index is 7.19. The van der Waals surface area contributed by atoms with Crippen molar-refractivity contribution in [2.45, 2.75) is 63.2 Å². The minimum absolute atomic E-state index is 0.0420. The van der Waals surface area contributed by atoms with Crippen molar-refractivity contribution in [3.05, 3.63) is 292 Å². The molecule has 6 aliphatic rings. The molecule has 4 nitrogen and oxygen atoms in total. The summed E-state index contributed by atoms with van der Waals surface area (Å²) in [6.07, 6.45) is 0. The number of rotatable bonds is 2. The molecule has 5 heteroatoms. The number of ether oxygens (including phenoxy) is 2. The smallest absolute Gasteiger partial charge is 0.260 e. The van der Waals surface area contributed by atoms with Gasteiger partial charge in [-0.3, -0.25) is 0 Å². The van der Waals surface area contributed by atoms with Gasteiger partial charge in [-0.05, 0) is 154 Å². The fourth-order valence-corrected chi connectivity index (χ4v) is 15.4. The van der Waals surface area contributed by atoms with Gasteiger partial charge in [-0.1, -0.05) is 211 Å². The summed E-state index contributed by atoms with van der Waals surface area (Å²) < 4.78 is 14.4. The Hall–Kier alpha value is -9.32. The molecule has 81 heavy (non-hydrogen) atoms. The van der Waals surface area contributed by atoms with E-state index in [0.29, 0.717) is 0 Å². The Bertz CT molecular complexity index is 4360. The maximum atomic E-state index is 7.19. The lowest BCUT2D eigenvalue weighted by Gasteiger charge is -2.46. The molecule has 0 bridgehead atoms. The van der Waals surface area contributed by atoms with Crippen LogP contribution in [0.4, 0.5) is 34.1 Å². The zero-order chi connectivity index (χ0) is 54.3. The Morgan fingerprint density at radius 2 is 0.679 bits per heavy atom. The number of benzene rings is 11. The van der Waals surface area contributed by atoms with Crippen molar-refractivity contribution in [3.63, 3.8) is 0 Å². The first-order chi connectivity index (χ1) is 39.4. The molecule has 11 aromatic rings. The van der Waals surface area contributed by atoms with Crippen LogP contribution in [0.25, 0.3) is 22.3 Å². The molecule has 2 aliphatic carbocycles. The van der Waals surface area contributed by atoms with Crippen LogP contribution >= 0.6 is 0 Å². The van der Waals surface area contributed by atoms with Crippen LogP contribution in [0.2, 0.25) is 0 Å². The van der Waals surface area contributed by atoms with E-state index in [1.165, 1.54) is 100 Å². The quantitative estimate of drug-likeness (QED) is 0.161. The standard InChI is InChI=1S/C76H57BN2O2/c1-73(2,3)46-36-38-68-62(40-46)77-63-41-47(74(4,5)6)37-39-69(63)81-71-43-49(42-70(80-68)72(71)77)79-66-34-20-16-30-58(66)76(59-31-17-21-35-67(59)79)55-27-13-11-25-51(55)53-44-52-50-24-10-12-26-54(50)75(60(52)45-61(53)76)56-28-14-18-32-64(56)78(48-22-8-7-9-23-48)65-33-19-15-29-57(65)75/h7-45H,1-6H3. The molecule has 4 heterocycles. The average molecular weight is 1040 g/mol. The van der Waals surface area contributed by atoms with Crippen molar-refractivity contribution in [2.24, 2.45) is 0 Å². The number of para-hydroxylation sites is 5. The lowest BCUT2D eigenvalue weighted by Crippen LogP contribution is -2.57. The molecule has 11 aromatic carbocycles. The SMILES string of the molecule is CC(C)(C)c1ccc2c(c1)B1c3cc(C(C)(C)C)ccc3Oc3cc(N4c5ccccc5C5(c6ccccc6-c6cc7c(cc65)C5(c6ccccc6-7)c6ccccc6N(c6ccccc6)c6ccccc65)c5ccccc54)cc(c31)O2. The maximum Gasteiger partial charge on any atom is 0.260 e. The predicted molar refractivity (Wildman–Crippen MR) is 333 cm³/mol. The summed E-state index contributed by atoms with van der Waals surface area (Å²) in [6.45, 7) is 13.7. The molecule has 0 radical (unpaired) electrons. The lowest BCUT2D eigenvalue weighted by molar-refractivity contribution is 0.464. The highest BCUT2D eigenvalue weighted by Gasteiger charge is 2.57. The summed E-state index contributed by atoms with van der Waals surface area (Å²) in [5.41, 5.74) is 26.6. The molecule has 386 valence electrons. The molecule has 0 N–H and O–H groups in total. The zero-order valence-corrected chi connectivity index (χ0v) is 46.3. The van der Waals surface area contributed by atoms with Crippen molar-refractivity contribution < 1.29 is 9.47 Å². The van der Waals surface area contributed by atoms with Crippen LogP contribution in [0.15, 0.2) is 237 Å². The second kappa shape index (κ2) is 16.2. The van der Waals surface area contributed by atoms with Crippen molar-refractivity contribution in [3.8, 4) is 45.3 Å².